The standard InChI is InChI=1S/C25H27F/c1-2-3-19-8-14-24-21(16-19)10-11-22-17-20(9-15-25(22)24)5-4-18-6-12-23(26)13-7-18/h6-7,9,12-13,15,17,19,21,24H,2-3,8,10-11,14,16H2,1H3. The molecule has 0 radical (unpaired) electrons. The molecule has 2 aliphatic carbocycles. The summed E-state index contributed by atoms with van der Waals surface area (Å²) in [5.41, 5.74) is 5.03. The van der Waals surface area contributed by atoms with Gasteiger partial charge in [-0.25, -0.2) is 4.39 Å². The molecule has 2 aromatic carbocycles. The number of fused-ring (bicyclic) bond motifs is 3. The number of benzene rings is 2. The van der Waals surface area contributed by atoms with Crippen molar-refractivity contribution in [1.82, 2.24) is 0 Å². The van der Waals surface area contributed by atoms with Crippen LogP contribution in [0.2, 0.25) is 0 Å². The Labute approximate surface area is 156 Å². The van der Waals surface area contributed by atoms with E-state index in [9.17, 15) is 4.39 Å². The molecule has 134 valence electrons. The molecule has 1 fully saturated rings. The average Bonchev–Trinajstić information content (AvgIpc) is 2.67. The van der Waals surface area contributed by atoms with Crippen LogP contribution in [0.1, 0.15) is 73.6 Å². The van der Waals surface area contributed by atoms with E-state index in [4.69, 9.17) is 0 Å². The van der Waals surface area contributed by atoms with E-state index in [0.717, 1.165) is 28.9 Å². The van der Waals surface area contributed by atoms with Crippen LogP contribution in [0.15, 0.2) is 42.5 Å². The molecule has 0 aliphatic heterocycles. The van der Waals surface area contributed by atoms with Crippen LogP contribution in [0.5, 0.6) is 0 Å². The van der Waals surface area contributed by atoms with Gasteiger partial charge in [-0.2, -0.15) is 0 Å². The minimum Gasteiger partial charge on any atom is -0.207 e. The summed E-state index contributed by atoms with van der Waals surface area (Å²) in [7, 11) is 0. The lowest BCUT2D eigenvalue weighted by Gasteiger charge is -2.40. The fourth-order valence-corrected chi connectivity index (χ4v) is 5.04. The van der Waals surface area contributed by atoms with E-state index in [-0.39, 0.29) is 5.82 Å². The van der Waals surface area contributed by atoms with Crippen LogP contribution in [0.25, 0.3) is 0 Å². The first-order chi connectivity index (χ1) is 12.7. The Bertz CT molecular complexity index is 821. The van der Waals surface area contributed by atoms with Gasteiger partial charge in [0, 0.05) is 11.1 Å². The maximum atomic E-state index is 13.0. The monoisotopic (exact) mass is 346 g/mol. The maximum Gasteiger partial charge on any atom is 0.123 e. The van der Waals surface area contributed by atoms with Crippen LogP contribution < -0.4 is 0 Å². The van der Waals surface area contributed by atoms with Crippen LogP contribution in [0.3, 0.4) is 0 Å². The third kappa shape index (κ3) is 3.70. The summed E-state index contributed by atoms with van der Waals surface area (Å²) in [5.74, 6) is 8.82. The van der Waals surface area contributed by atoms with Crippen LogP contribution in [-0.4, -0.2) is 0 Å². The highest BCUT2D eigenvalue weighted by atomic mass is 19.1. The third-order valence-electron chi connectivity index (χ3n) is 6.31. The molecule has 0 aromatic heterocycles. The molecule has 2 aromatic rings. The molecule has 0 spiro atoms. The summed E-state index contributed by atoms with van der Waals surface area (Å²) in [6, 6.07) is 13.2. The largest absolute Gasteiger partial charge is 0.207 e. The van der Waals surface area contributed by atoms with Gasteiger partial charge in [0.25, 0.3) is 0 Å². The zero-order valence-corrected chi connectivity index (χ0v) is 15.6. The second-order valence-electron chi connectivity index (χ2n) is 8.04. The first-order valence-corrected chi connectivity index (χ1v) is 10.1. The van der Waals surface area contributed by atoms with Gasteiger partial charge in [0.1, 0.15) is 5.82 Å². The van der Waals surface area contributed by atoms with E-state index in [1.807, 2.05) is 0 Å². The van der Waals surface area contributed by atoms with Gasteiger partial charge < -0.3 is 0 Å². The summed E-state index contributed by atoms with van der Waals surface area (Å²) in [4.78, 5) is 0. The Morgan fingerprint density at radius 1 is 0.962 bits per heavy atom. The Balaban J connectivity index is 1.51. The molecule has 3 unspecified atom stereocenters. The van der Waals surface area contributed by atoms with E-state index in [1.165, 1.54) is 62.6 Å². The molecule has 4 rings (SSSR count). The number of hydrogen-bond donors (Lipinski definition) is 0. The minimum absolute atomic E-state index is 0.215. The van der Waals surface area contributed by atoms with E-state index < -0.39 is 0 Å². The summed E-state index contributed by atoms with van der Waals surface area (Å²) in [6.45, 7) is 2.32. The average molecular weight is 346 g/mol. The normalized spacial score (nSPS) is 24.2. The van der Waals surface area contributed by atoms with Crippen molar-refractivity contribution in [2.24, 2.45) is 11.8 Å². The fourth-order valence-electron chi connectivity index (χ4n) is 5.04. The molecular weight excluding hydrogens is 319 g/mol. The number of aryl methyl sites for hydroxylation is 1. The predicted molar refractivity (Wildman–Crippen MR) is 106 cm³/mol. The third-order valence-corrected chi connectivity index (χ3v) is 6.31. The van der Waals surface area contributed by atoms with Crippen LogP contribution >= 0.6 is 0 Å². The molecular formula is C25H27F. The van der Waals surface area contributed by atoms with Crippen molar-refractivity contribution in [2.45, 2.75) is 57.8 Å². The van der Waals surface area contributed by atoms with E-state index in [2.05, 4.69) is 37.0 Å². The SMILES string of the molecule is CCCC1CCC2c3ccc(C#Cc4ccc(F)cc4)cc3CCC2C1. The summed E-state index contributed by atoms with van der Waals surface area (Å²) in [6.07, 6.45) is 9.48. The lowest BCUT2D eigenvalue weighted by atomic mass is 9.64. The minimum atomic E-state index is -0.215. The van der Waals surface area contributed by atoms with Gasteiger partial charge in [-0.05, 0) is 97.4 Å². The summed E-state index contributed by atoms with van der Waals surface area (Å²) >= 11 is 0. The van der Waals surface area contributed by atoms with Crippen molar-refractivity contribution in [3.05, 3.63) is 70.5 Å². The molecule has 0 saturated heterocycles. The summed E-state index contributed by atoms with van der Waals surface area (Å²) < 4.78 is 13.0. The van der Waals surface area contributed by atoms with Crippen LogP contribution in [0.4, 0.5) is 4.39 Å². The molecule has 0 heterocycles. The lowest BCUT2D eigenvalue weighted by Crippen LogP contribution is -2.28. The van der Waals surface area contributed by atoms with Gasteiger partial charge in [0.2, 0.25) is 0 Å². The Morgan fingerprint density at radius 2 is 1.73 bits per heavy atom. The van der Waals surface area contributed by atoms with E-state index in [1.54, 1.807) is 17.7 Å². The zero-order chi connectivity index (χ0) is 17.9. The summed E-state index contributed by atoms with van der Waals surface area (Å²) in [5, 5.41) is 0. The van der Waals surface area contributed by atoms with Crippen molar-refractivity contribution in [3.8, 4) is 11.8 Å². The fraction of sp³-hybridized carbons (Fsp3) is 0.440. The highest BCUT2D eigenvalue weighted by Crippen LogP contribution is 2.47. The first kappa shape index (κ1) is 17.3. The molecule has 0 nitrogen and oxygen atoms in total. The molecule has 0 N–H and O–H groups in total. The molecule has 0 bridgehead atoms. The van der Waals surface area contributed by atoms with Gasteiger partial charge in [-0.1, -0.05) is 37.7 Å². The van der Waals surface area contributed by atoms with Gasteiger partial charge in [0.15, 0.2) is 0 Å². The number of rotatable bonds is 2. The van der Waals surface area contributed by atoms with Crippen LogP contribution in [-0.2, 0) is 6.42 Å². The second kappa shape index (κ2) is 7.67. The molecule has 26 heavy (non-hydrogen) atoms. The smallest absolute Gasteiger partial charge is 0.123 e. The van der Waals surface area contributed by atoms with Crippen molar-refractivity contribution in [1.29, 1.82) is 0 Å². The Kier molecular flexibility index (Phi) is 5.11. The molecule has 0 amide bonds. The number of hydrogen-bond acceptors (Lipinski definition) is 0. The van der Waals surface area contributed by atoms with Crippen molar-refractivity contribution >= 4 is 0 Å². The second-order valence-corrected chi connectivity index (χ2v) is 8.04. The molecule has 2 aliphatic rings. The highest BCUT2D eigenvalue weighted by molar-refractivity contribution is 5.47. The van der Waals surface area contributed by atoms with Gasteiger partial charge >= 0.3 is 0 Å². The molecule has 3 atom stereocenters. The Hall–Kier alpha value is -2.07. The maximum absolute atomic E-state index is 13.0. The van der Waals surface area contributed by atoms with Crippen LogP contribution in [0, 0.1) is 29.5 Å². The van der Waals surface area contributed by atoms with Gasteiger partial charge in [0.05, 0.1) is 0 Å². The zero-order valence-electron chi connectivity index (χ0n) is 15.6. The highest BCUT2D eigenvalue weighted by Gasteiger charge is 2.34. The van der Waals surface area contributed by atoms with Gasteiger partial charge in [-0.3, -0.25) is 0 Å². The van der Waals surface area contributed by atoms with Crippen molar-refractivity contribution < 1.29 is 4.39 Å². The molecule has 1 saturated carbocycles. The topological polar surface area (TPSA) is 0 Å². The predicted octanol–water partition coefficient (Wildman–Crippen LogP) is 6.47. The number of halogens is 1. The van der Waals surface area contributed by atoms with E-state index >= 15 is 0 Å². The molecule has 1 heteroatoms. The van der Waals surface area contributed by atoms with Gasteiger partial charge in [-0.15, -0.1) is 0 Å². The van der Waals surface area contributed by atoms with Crippen molar-refractivity contribution in [2.75, 3.05) is 0 Å². The van der Waals surface area contributed by atoms with E-state index in [0.29, 0.717) is 0 Å². The quantitative estimate of drug-likeness (QED) is 0.547. The lowest BCUT2D eigenvalue weighted by molar-refractivity contribution is 0.201. The Morgan fingerprint density at radius 3 is 2.54 bits per heavy atom. The first-order valence-electron chi connectivity index (χ1n) is 10.1. The van der Waals surface area contributed by atoms with Crippen molar-refractivity contribution in [3.63, 3.8) is 0 Å².